The Labute approximate surface area is 158 Å². The largest absolute Gasteiger partial charge is 0.373 e. The number of pyridine rings is 1. The highest BCUT2D eigenvalue weighted by Gasteiger charge is 2.25. The average molecular weight is 369 g/mol. The number of nitrogens with two attached hydrogens (primary N) is 1. The third kappa shape index (κ3) is 4.94. The lowest BCUT2D eigenvalue weighted by Gasteiger charge is -2.32. The monoisotopic (exact) mass is 369 g/mol. The Hall–Kier alpha value is -2.15. The van der Waals surface area contributed by atoms with Crippen molar-refractivity contribution in [3.05, 3.63) is 65.9 Å². The van der Waals surface area contributed by atoms with Gasteiger partial charge in [0.15, 0.2) is 0 Å². The molecule has 0 unspecified atom stereocenters. The number of aromatic nitrogens is 1. The number of hydrogen-bond acceptors (Lipinski definition) is 5. The molecular formula is C20H23N3O2S. The number of carbonyl (C=O) groups is 1. The fourth-order valence-electron chi connectivity index (χ4n) is 2.76. The number of morpholine rings is 1. The van der Waals surface area contributed by atoms with Gasteiger partial charge < -0.3 is 15.4 Å². The Kier molecular flexibility index (Phi) is 6.82. The SMILES string of the molecule is NC[C@H]1CN(C(=O)c2cccnc2SC/C=C/c2ccccc2)CCO1. The summed E-state index contributed by atoms with van der Waals surface area (Å²) in [5.74, 6) is 0.746. The maximum Gasteiger partial charge on any atom is 0.256 e. The van der Waals surface area contributed by atoms with Crippen molar-refractivity contribution in [1.29, 1.82) is 0 Å². The van der Waals surface area contributed by atoms with Crippen molar-refractivity contribution in [2.75, 3.05) is 32.0 Å². The highest BCUT2D eigenvalue weighted by Crippen LogP contribution is 2.22. The van der Waals surface area contributed by atoms with E-state index in [9.17, 15) is 4.79 Å². The number of nitrogens with zero attached hydrogens (tertiary/aromatic N) is 2. The molecule has 26 heavy (non-hydrogen) atoms. The first-order valence-electron chi connectivity index (χ1n) is 8.68. The molecule has 1 amide bonds. The molecule has 2 heterocycles. The molecule has 1 aliphatic rings. The first-order valence-corrected chi connectivity index (χ1v) is 9.67. The molecule has 6 heteroatoms. The molecule has 3 rings (SSSR count). The molecule has 1 atom stereocenters. The van der Waals surface area contributed by atoms with E-state index in [2.05, 4.69) is 29.3 Å². The van der Waals surface area contributed by atoms with Crippen LogP contribution in [-0.2, 0) is 4.74 Å². The maximum atomic E-state index is 12.9. The first-order chi connectivity index (χ1) is 12.8. The number of carbonyl (C=O) groups excluding carboxylic acids is 1. The minimum Gasteiger partial charge on any atom is -0.373 e. The summed E-state index contributed by atoms with van der Waals surface area (Å²) in [5, 5.41) is 0.756. The fourth-order valence-corrected chi connectivity index (χ4v) is 3.56. The molecule has 0 radical (unpaired) electrons. The zero-order valence-electron chi connectivity index (χ0n) is 14.6. The van der Waals surface area contributed by atoms with E-state index in [0.29, 0.717) is 31.8 Å². The quantitative estimate of drug-likeness (QED) is 0.793. The third-order valence-electron chi connectivity index (χ3n) is 4.12. The van der Waals surface area contributed by atoms with E-state index >= 15 is 0 Å². The number of ether oxygens (including phenoxy) is 1. The third-order valence-corrected chi connectivity index (χ3v) is 5.07. The molecule has 1 aromatic carbocycles. The van der Waals surface area contributed by atoms with Crippen LogP contribution in [0.4, 0.5) is 0 Å². The van der Waals surface area contributed by atoms with Crippen LogP contribution in [0.25, 0.3) is 6.08 Å². The van der Waals surface area contributed by atoms with Crippen LogP contribution >= 0.6 is 11.8 Å². The average Bonchev–Trinajstić information content (AvgIpc) is 2.72. The first kappa shape index (κ1) is 18.6. The molecular weight excluding hydrogens is 346 g/mol. The van der Waals surface area contributed by atoms with Crippen molar-refractivity contribution < 1.29 is 9.53 Å². The number of thioether (sulfide) groups is 1. The Bertz CT molecular complexity index is 752. The molecule has 1 saturated heterocycles. The van der Waals surface area contributed by atoms with Gasteiger partial charge in [-0.05, 0) is 17.7 Å². The van der Waals surface area contributed by atoms with Gasteiger partial charge in [0.2, 0.25) is 0 Å². The lowest BCUT2D eigenvalue weighted by molar-refractivity contribution is -0.0169. The molecule has 2 aromatic rings. The van der Waals surface area contributed by atoms with Gasteiger partial charge in [0.05, 0.1) is 18.3 Å². The van der Waals surface area contributed by atoms with Crippen molar-refractivity contribution in [2.45, 2.75) is 11.1 Å². The number of hydrogen-bond donors (Lipinski definition) is 1. The second kappa shape index (κ2) is 9.52. The smallest absolute Gasteiger partial charge is 0.256 e. The van der Waals surface area contributed by atoms with Crippen molar-refractivity contribution in [3.63, 3.8) is 0 Å². The highest BCUT2D eigenvalue weighted by molar-refractivity contribution is 7.99. The van der Waals surface area contributed by atoms with Gasteiger partial charge in [0, 0.05) is 31.6 Å². The molecule has 0 bridgehead atoms. The summed E-state index contributed by atoms with van der Waals surface area (Å²) in [7, 11) is 0. The zero-order valence-corrected chi connectivity index (χ0v) is 15.4. The fraction of sp³-hybridized carbons (Fsp3) is 0.300. The second-order valence-electron chi connectivity index (χ2n) is 5.96. The lowest BCUT2D eigenvalue weighted by atomic mass is 10.2. The van der Waals surface area contributed by atoms with Crippen LogP contribution in [0.1, 0.15) is 15.9 Å². The van der Waals surface area contributed by atoms with E-state index in [1.54, 1.807) is 24.0 Å². The van der Waals surface area contributed by atoms with Gasteiger partial charge in [0.1, 0.15) is 5.03 Å². The van der Waals surface area contributed by atoms with Crippen LogP contribution in [0.2, 0.25) is 0 Å². The molecule has 2 N–H and O–H groups in total. The molecule has 0 aliphatic carbocycles. The molecule has 0 saturated carbocycles. The van der Waals surface area contributed by atoms with Gasteiger partial charge in [-0.25, -0.2) is 4.98 Å². The Balaban J connectivity index is 1.64. The summed E-state index contributed by atoms with van der Waals surface area (Å²) in [4.78, 5) is 19.1. The van der Waals surface area contributed by atoms with E-state index in [0.717, 1.165) is 16.3 Å². The Morgan fingerprint density at radius 1 is 1.31 bits per heavy atom. The van der Waals surface area contributed by atoms with Gasteiger partial charge >= 0.3 is 0 Å². The molecule has 1 aromatic heterocycles. The summed E-state index contributed by atoms with van der Waals surface area (Å²) < 4.78 is 5.55. The highest BCUT2D eigenvalue weighted by atomic mass is 32.2. The normalized spacial score (nSPS) is 17.6. The van der Waals surface area contributed by atoms with Crippen molar-refractivity contribution in [3.8, 4) is 0 Å². The summed E-state index contributed by atoms with van der Waals surface area (Å²) in [6.45, 7) is 2.06. The van der Waals surface area contributed by atoms with Gasteiger partial charge in [-0.15, -0.1) is 11.8 Å². The van der Waals surface area contributed by atoms with Gasteiger partial charge in [-0.2, -0.15) is 0 Å². The van der Waals surface area contributed by atoms with Crippen molar-refractivity contribution >= 4 is 23.7 Å². The van der Waals surface area contributed by atoms with E-state index < -0.39 is 0 Å². The van der Waals surface area contributed by atoms with Crippen LogP contribution in [0, 0.1) is 0 Å². The van der Waals surface area contributed by atoms with Gasteiger partial charge in [0.25, 0.3) is 5.91 Å². The number of amides is 1. The minimum atomic E-state index is -0.0886. The number of rotatable bonds is 6. The number of benzene rings is 1. The van der Waals surface area contributed by atoms with E-state index in [4.69, 9.17) is 10.5 Å². The topological polar surface area (TPSA) is 68.5 Å². The zero-order chi connectivity index (χ0) is 18.2. The van der Waals surface area contributed by atoms with Gasteiger partial charge in [-0.3, -0.25) is 4.79 Å². The predicted octanol–water partition coefficient (Wildman–Crippen LogP) is 2.69. The minimum absolute atomic E-state index is 0.00520. The summed E-state index contributed by atoms with van der Waals surface area (Å²) in [6, 6.07) is 13.8. The van der Waals surface area contributed by atoms with Crippen molar-refractivity contribution in [1.82, 2.24) is 9.88 Å². The maximum absolute atomic E-state index is 12.9. The van der Waals surface area contributed by atoms with E-state index in [1.807, 2.05) is 29.2 Å². The molecule has 5 nitrogen and oxygen atoms in total. The van der Waals surface area contributed by atoms with Crippen LogP contribution in [-0.4, -0.2) is 53.9 Å². The molecule has 1 aliphatic heterocycles. The Morgan fingerprint density at radius 2 is 2.15 bits per heavy atom. The van der Waals surface area contributed by atoms with E-state index in [-0.39, 0.29) is 12.0 Å². The van der Waals surface area contributed by atoms with Crippen LogP contribution < -0.4 is 5.73 Å². The summed E-state index contributed by atoms with van der Waals surface area (Å²) in [5.41, 5.74) is 7.48. The molecule has 136 valence electrons. The molecule has 0 spiro atoms. The second-order valence-corrected chi connectivity index (χ2v) is 6.97. The summed E-state index contributed by atoms with van der Waals surface area (Å²) >= 11 is 1.56. The Morgan fingerprint density at radius 3 is 2.96 bits per heavy atom. The molecule has 1 fully saturated rings. The van der Waals surface area contributed by atoms with Crippen LogP contribution in [0.3, 0.4) is 0 Å². The van der Waals surface area contributed by atoms with Crippen molar-refractivity contribution in [2.24, 2.45) is 5.73 Å². The van der Waals surface area contributed by atoms with E-state index in [1.165, 1.54) is 0 Å². The van der Waals surface area contributed by atoms with Crippen LogP contribution in [0.5, 0.6) is 0 Å². The summed E-state index contributed by atoms with van der Waals surface area (Å²) in [6.07, 6.45) is 5.80. The standard InChI is InChI=1S/C20H23N3O2S/c21-14-17-15-23(11-12-25-17)20(24)18-9-4-10-22-19(18)26-13-5-8-16-6-2-1-3-7-16/h1-10,17H,11-15,21H2/b8-5+/t17-/m0/s1. The van der Waals surface area contributed by atoms with Gasteiger partial charge in [-0.1, -0.05) is 42.5 Å². The van der Waals surface area contributed by atoms with Crippen LogP contribution in [0.15, 0.2) is 59.8 Å². The lowest BCUT2D eigenvalue weighted by Crippen LogP contribution is -2.48. The predicted molar refractivity (Wildman–Crippen MR) is 105 cm³/mol.